The van der Waals surface area contributed by atoms with Gasteiger partial charge in [-0.3, -0.25) is 9.69 Å². The van der Waals surface area contributed by atoms with E-state index in [9.17, 15) is 14.4 Å². The van der Waals surface area contributed by atoms with Gasteiger partial charge in [-0.1, -0.05) is 62.3 Å². The molecule has 4 atom stereocenters. The molecule has 2 heterocycles. The van der Waals surface area contributed by atoms with E-state index in [1.165, 1.54) is 4.90 Å². The molecule has 2 rings (SSSR count). The fourth-order valence-corrected chi connectivity index (χ4v) is 4.21. The molecule has 2 aliphatic rings. The van der Waals surface area contributed by atoms with Gasteiger partial charge in [-0.2, -0.15) is 0 Å². The van der Waals surface area contributed by atoms with Gasteiger partial charge in [0.25, 0.3) is 0 Å². The van der Waals surface area contributed by atoms with Crippen molar-refractivity contribution >= 4 is 18.2 Å². The molecule has 0 saturated carbocycles. The summed E-state index contributed by atoms with van der Waals surface area (Å²) in [5.74, 6) is 2.30. The molecule has 0 aliphatic carbocycles. The zero-order chi connectivity index (χ0) is 36.1. The van der Waals surface area contributed by atoms with Crippen LogP contribution >= 0.6 is 0 Å². The molecule has 2 unspecified atom stereocenters. The lowest BCUT2D eigenvalue weighted by Crippen LogP contribution is -2.58. The number of piperazine rings is 2. The molecule has 10 heteroatoms. The molecule has 270 valence electrons. The summed E-state index contributed by atoms with van der Waals surface area (Å²) in [7, 11) is 0. The summed E-state index contributed by atoms with van der Waals surface area (Å²) in [5.41, 5.74) is -0.408. The topological polar surface area (TPSA) is 112 Å². The molecule has 0 aromatic heterocycles. The third-order valence-corrected chi connectivity index (χ3v) is 5.46. The van der Waals surface area contributed by atoms with Crippen molar-refractivity contribution in [3.05, 3.63) is 0 Å². The maximum atomic E-state index is 11.8. The van der Waals surface area contributed by atoms with E-state index >= 15 is 0 Å². The fourth-order valence-electron chi connectivity index (χ4n) is 4.21. The smallest absolute Gasteiger partial charge is 0.410 e. The molecule has 10 nitrogen and oxygen atoms in total. The number of hydrogen-bond donors (Lipinski definition) is 2. The van der Waals surface area contributed by atoms with Crippen LogP contribution in [-0.2, 0) is 14.3 Å². The number of hydrogen-bond acceptors (Lipinski definition) is 7. The summed E-state index contributed by atoms with van der Waals surface area (Å²) in [6.45, 7) is 38.5. The molecule has 0 spiro atoms. The van der Waals surface area contributed by atoms with Crippen LogP contribution in [0.2, 0.25) is 0 Å². The highest BCUT2D eigenvalue weighted by Gasteiger charge is 2.32. The second-order valence-corrected chi connectivity index (χ2v) is 15.2. The molecule has 45 heavy (non-hydrogen) atoms. The van der Waals surface area contributed by atoms with Gasteiger partial charge in [-0.05, 0) is 73.1 Å². The van der Waals surface area contributed by atoms with E-state index in [0.717, 1.165) is 30.8 Å². The lowest BCUT2D eigenvalue weighted by molar-refractivity contribution is -0.143. The fraction of sp³-hybridized carbons (Fsp3) is 0.914. The molecule has 2 amide bonds. The summed E-state index contributed by atoms with van der Waals surface area (Å²) in [4.78, 5) is 39.4. The van der Waals surface area contributed by atoms with Crippen molar-refractivity contribution in [1.29, 1.82) is 0 Å². The second kappa shape index (κ2) is 25.1. The van der Waals surface area contributed by atoms with Crippen molar-refractivity contribution in [3.63, 3.8) is 0 Å². The van der Waals surface area contributed by atoms with Gasteiger partial charge in [0.05, 0.1) is 13.0 Å². The summed E-state index contributed by atoms with van der Waals surface area (Å²) >= 11 is 0. The lowest BCUT2D eigenvalue weighted by Gasteiger charge is -2.43. The number of rotatable bonds is 4. The molecular formula is C35H74N4O6. The molecule has 2 aliphatic heterocycles. The first-order valence-electron chi connectivity index (χ1n) is 17.1. The standard InChI is InChI=1S/C12H22N2O4.C11H22N2O2.3C4H10/c1-4-18-11(15)5-6-14-9(2)7-13(12(16)17)8-10(14)3;1-8-6-13(7-9(2)12-8)10(14)15-11(3,4)5;3*1-4(2)3/h9-10H,4-8H2,1-3H3,(H,16,17);8-9,12H,6-7H2,1-5H3;3*4H,1-3H3/t9-,10+;;;;. The predicted octanol–water partition coefficient (Wildman–Crippen LogP) is 7.60. The van der Waals surface area contributed by atoms with Crippen LogP contribution in [0.15, 0.2) is 0 Å². The number of carbonyl (C=O) groups excluding carboxylic acids is 2. The number of amides is 2. The summed E-state index contributed by atoms with van der Waals surface area (Å²) < 4.78 is 10.2. The number of nitrogens with zero attached hydrogens (tertiary/aromatic N) is 3. The Morgan fingerprint density at radius 3 is 1.44 bits per heavy atom. The van der Waals surface area contributed by atoms with Gasteiger partial charge < -0.3 is 29.7 Å². The largest absolute Gasteiger partial charge is 0.466 e. The normalized spacial score (nSPS) is 21.6. The van der Waals surface area contributed by atoms with Crippen LogP contribution in [-0.4, -0.2) is 107 Å². The van der Waals surface area contributed by atoms with E-state index in [-0.39, 0.29) is 24.1 Å². The van der Waals surface area contributed by atoms with Crippen LogP contribution in [0.1, 0.15) is 124 Å². The monoisotopic (exact) mass is 647 g/mol. The molecule has 0 radical (unpaired) electrons. The Kier molecular flexibility index (Phi) is 26.4. The van der Waals surface area contributed by atoms with Crippen molar-refractivity contribution in [1.82, 2.24) is 20.0 Å². The third kappa shape index (κ3) is 30.4. The zero-order valence-corrected chi connectivity index (χ0v) is 32.3. The van der Waals surface area contributed by atoms with Gasteiger partial charge in [0.1, 0.15) is 5.60 Å². The van der Waals surface area contributed by atoms with Gasteiger partial charge in [0.2, 0.25) is 0 Å². The highest BCUT2D eigenvalue weighted by molar-refractivity contribution is 5.69. The first-order chi connectivity index (χ1) is 20.4. The van der Waals surface area contributed by atoms with Crippen molar-refractivity contribution in [3.8, 4) is 0 Å². The Labute approximate surface area is 277 Å². The maximum absolute atomic E-state index is 11.8. The van der Waals surface area contributed by atoms with Gasteiger partial charge in [0.15, 0.2) is 0 Å². The van der Waals surface area contributed by atoms with Crippen LogP contribution in [0.3, 0.4) is 0 Å². The Balaban J connectivity index is -0.000000582. The molecule has 0 bridgehead atoms. The van der Waals surface area contributed by atoms with Gasteiger partial charge in [-0.15, -0.1) is 0 Å². The van der Waals surface area contributed by atoms with Gasteiger partial charge in [-0.25, -0.2) is 9.59 Å². The number of nitrogens with one attached hydrogen (secondary N) is 1. The Hall–Kier alpha value is -2.07. The van der Waals surface area contributed by atoms with E-state index in [4.69, 9.17) is 14.6 Å². The molecule has 2 saturated heterocycles. The van der Waals surface area contributed by atoms with Crippen molar-refractivity contribution < 1.29 is 29.0 Å². The lowest BCUT2D eigenvalue weighted by atomic mass is 10.1. The zero-order valence-electron chi connectivity index (χ0n) is 32.3. The van der Waals surface area contributed by atoms with Crippen molar-refractivity contribution in [2.45, 2.75) is 154 Å². The van der Waals surface area contributed by atoms with E-state index in [1.54, 1.807) is 11.8 Å². The molecular weight excluding hydrogens is 572 g/mol. The van der Waals surface area contributed by atoms with Crippen LogP contribution in [0, 0.1) is 17.8 Å². The molecule has 2 fully saturated rings. The van der Waals surface area contributed by atoms with Gasteiger partial charge >= 0.3 is 18.2 Å². The highest BCUT2D eigenvalue weighted by Crippen LogP contribution is 2.16. The van der Waals surface area contributed by atoms with Crippen LogP contribution in [0.4, 0.5) is 9.59 Å². The minimum atomic E-state index is -0.876. The average Bonchev–Trinajstić information content (AvgIpc) is 2.81. The van der Waals surface area contributed by atoms with Crippen molar-refractivity contribution in [2.24, 2.45) is 17.8 Å². The summed E-state index contributed by atoms with van der Waals surface area (Å²) in [5, 5.41) is 12.4. The number of esters is 1. The molecule has 2 N–H and O–H groups in total. The minimum Gasteiger partial charge on any atom is -0.466 e. The van der Waals surface area contributed by atoms with E-state index in [1.807, 2.05) is 34.6 Å². The quantitative estimate of drug-likeness (QED) is 0.300. The van der Waals surface area contributed by atoms with Crippen LogP contribution in [0.5, 0.6) is 0 Å². The molecule has 0 aromatic rings. The maximum Gasteiger partial charge on any atom is 0.410 e. The van der Waals surface area contributed by atoms with E-state index in [0.29, 0.717) is 44.7 Å². The van der Waals surface area contributed by atoms with Gasteiger partial charge in [0, 0.05) is 56.9 Å². The highest BCUT2D eigenvalue weighted by atomic mass is 16.6. The number of carboxylic acid groups (broad SMARTS) is 1. The average molecular weight is 647 g/mol. The Morgan fingerprint density at radius 2 is 1.13 bits per heavy atom. The Bertz CT molecular complexity index is 740. The third-order valence-electron chi connectivity index (χ3n) is 5.46. The van der Waals surface area contributed by atoms with Crippen molar-refractivity contribution in [2.75, 3.05) is 39.3 Å². The summed E-state index contributed by atoms with van der Waals surface area (Å²) in [6, 6.07) is 0.918. The van der Waals surface area contributed by atoms with E-state index < -0.39 is 11.7 Å². The first-order valence-corrected chi connectivity index (χ1v) is 17.1. The first kappa shape index (κ1) is 47.3. The van der Waals surface area contributed by atoms with Crippen LogP contribution < -0.4 is 5.32 Å². The second-order valence-electron chi connectivity index (χ2n) is 15.2. The number of carbonyl (C=O) groups is 3. The van der Waals surface area contributed by atoms with E-state index in [2.05, 4.69) is 86.4 Å². The predicted molar refractivity (Wildman–Crippen MR) is 188 cm³/mol. The SMILES string of the molecule is CC(C)C.CC(C)C.CC(C)C.CC1CN(C(=O)OC(C)(C)C)CC(C)N1.CCOC(=O)CCN1[C@H](C)CN(C(=O)O)C[C@@H]1C. The van der Waals surface area contributed by atoms with Crippen LogP contribution in [0.25, 0.3) is 0 Å². The molecule has 0 aromatic carbocycles. The number of ether oxygens (including phenoxy) is 2. The minimum absolute atomic E-state index is 0.124. The Morgan fingerprint density at radius 1 is 0.756 bits per heavy atom. The summed E-state index contributed by atoms with van der Waals surface area (Å²) in [6.07, 6.45) is -0.725.